The number of likely N-dealkylation sites (N-methyl/N-ethyl adjacent to an activating group) is 1. The maximum Gasteiger partial charge on any atom is 0.310 e. The Morgan fingerprint density at radius 3 is 2.61 bits per heavy atom. The molecule has 1 aliphatic heterocycles. The van der Waals surface area contributed by atoms with Crippen molar-refractivity contribution in [3.63, 3.8) is 0 Å². The zero-order valence-electron chi connectivity index (χ0n) is 11.0. The maximum absolute atomic E-state index is 11.2. The number of ether oxygens (including phenoxy) is 1. The van der Waals surface area contributed by atoms with Crippen molar-refractivity contribution in [1.29, 1.82) is 0 Å². The average Bonchev–Trinajstić information content (AvgIpc) is 2.95. The predicted molar refractivity (Wildman–Crippen MR) is 66.4 cm³/mol. The lowest BCUT2D eigenvalue weighted by Crippen LogP contribution is -2.50. The molecule has 0 bridgehead atoms. The zero-order chi connectivity index (χ0) is 13.2. The van der Waals surface area contributed by atoms with Crippen molar-refractivity contribution >= 4 is 5.97 Å². The van der Waals surface area contributed by atoms with E-state index in [4.69, 9.17) is 4.74 Å². The number of carbonyl (C=O) groups is 1. The molecule has 1 saturated heterocycles. The first kappa shape index (κ1) is 13.8. The van der Waals surface area contributed by atoms with Gasteiger partial charge in [0.25, 0.3) is 0 Å². The van der Waals surface area contributed by atoms with E-state index in [0.29, 0.717) is 13.2 Å². The SMILES string of the molecule is CCN(CC1(O)CCCC1)C1COCC1C(=O)O. The molecule has 0 aromatic carbocycles. The van der Waals surface area contributed by atoms with Gasteiger partial charge >= 0.3 is 5.97 Å². The van der Waals surface area contributed by atoms with Crippen molar-refractivity contribution in [2.45, 2.75) is 44.2 Å². The van der Waals surface area contributed by atoms with Crippen molar-refractivity contribution in [3.8, 4) is 0 Å². The van der Waals surface area contributed by atoms with Crippen LogP contribution < -0.4 is 0 Å². The van der Waals surface area contributed by atoms with Crippen LogP contribution in [0.4, 0.5) is 0 Å². The third-order valence-electron chi connectivity index (χ3n) is 4.27. The first-order chi connectivity index (χ1) is 8.56. The Morgan fingerprint density at radius 2 is 2.06 bits per heavy atom. The lowest BCUT2D eigenvalue weighted by Gasteiger charge is -2.35. The fraction of sp³-hybridized carbons (Fsp3) is 0.923. The number of rotatable bonds is 5. The van der Waals surface area contributed by atoms with E-state index in [1.807, 2.05) is 6.92 Å². The Kier molecular flexibility index (Phi) is 4.25. The molecular weight excluding hydrogens is 234 g/mol. The predicted octanol–water partition coefficient (Wildman–Crippen LogP) is 0.713. The van der Waals surface area contributed by atoms with Gasteiger partial charge in [0.15, 0.2) is 0 Å². The van der Waals surface area contributed by atoms with Crippen molar-refractivity contribution < 1.29 is 19.7 Å². The summed E-state index contributed by atoms with van der Waals surface area (Å²) >= 11 is 0. The molecule has 0 spiro atoms. The smallest absolute Gasteiger partial charge is 0.310 e. The van der Waals surface area contributed by atoms with Gasteiger partial charge in [0, 0.05) is 12.6 Å². The third-order valence-corrected chi connectivity index (χ3v) is 4.27. The highest BCUT2D eigenvalue weighted by molar-refractivity contribution is 5.71. The van der Waals surface area contributed by atoms with Crippen molar-refractivity contribution in [3.05, 3.63) is 0 Å². The average molecular weight is 257 g/mol. The van der Waals surface area contributed by atoms with E-state index >= 15 is 0 Å². The molecule has 18 heavy (non-hydrogen) atoms. The highest BCUT2D eigenvalue weighted by Crippen LogP contribution is 2.32. The van der Waals surface area contributed by atoms with E-state index in [1.165, 1.54) is 0 Å². The van der Waals surface area contributed by atoms with E-state index in [1.54, 1.807) is 0 Å². The van der Waals surface area contributed by atoms with E-state index in [-0.39, 0.29) is 12.6 Å². The minimum atomic E-state index is -0.797. The number of hydrogen-bond donors (Lipinski definition) is 2. The van der Waals surface area contributed by atoms with Crippen LogP contribution in [0.5, 0.6) is 0 Å². The molecule has 5 heteroatoms. The molecule has 2 N–H and O–H groups in total. The van der Waals surface area contributed by atoms with Gasteiger partial charge in [-0.2, -0.15) is 0 Å². The van der Waals surface area contributed by atoms with Crippen LogP contribution in [0.1, 0.15) is 32.6 Å². The molecule has 5 nitrogen and oxygen atoms in total. The van der Waals surface area contributed by atoms with Crippen molar-refractivity contribution in [2.75, 3.05) is 26.3 Å². The second-order valence-corrected chi connectivity index (χ2v) is 5.54. The molecule has 2 unspecified atom stereocenters. The van der Waals surface area contributed by atoms with Gasteiger partial charge in [0.1, 0.15) is 0 Å². The molecule has 2 atom stereocenters. The molecule has 1 aliphatic carbocycles. The molecule has 0 radical (unpaired) electrons. The Morgan fingerprint density at radius 1 is 1.39 bits per heavy atom. The molecule has 0 aromatic heterocycles. The second-order valence-electron chi connectivity index (χ2n) is 5.54. The van der Waals surface area contributed by atoms with Crippen molar-refractivity contribution in [2.24, 2.45) is 5.92 Å². The zero-order valence-corrected chi connectivity index (χ0v) is 11.0. The van der Waals surface area contributed by atoms with Crippen LogP contribution in [0.25, 0.3) is 0 Å². The Labute approximate surface area is 108 Å². The molecular formula is C13H23NO4. The molecule has 2 rings (SSSR count). The standard InChI is InChI=1S/C13H23NO4/c1-2-14(9-13(17)5-3-4-6-13)11-8-18-7-10(11)12(15)16/h10-11,17H,2-9H2,1H3,(H,15,16). The lowest BCUT2D eigenvalue weighted by atomic mass is 9.97. The topological polar surface area (TPSA) is 70.0 Å². The number of hydrogen-bond acceptors (Lipinski definition) is 4. The molecule has 104 valence electrons. The first-order valence-corrected chi connectivity index (χ1v) is 6.83. The Balaban J connectivity index is 2.01. The highest BCUT2D eigenvalue weighted by Gasteiger charge is 2.41. The van der Waals surface area contributed by atoms with E-state index in [9.17, 15) is 15.0 Å². The molecule has 2 fully saturated rings. The van der Waals surface area contributed by atoms with Gasteiger partial charge in [-0.25, -0.2) is 0 Å². The van der Waals surface area contributed by atoms with Crippen LogP contribution in [-0.4, -0.2) is 59.0 Å². The van der Waals surface area contributed by atoms with Crippen LogP contribution in [-0.2, 0) is 9.53 Å². The molecule has 2 aliphatic rings. The second kappa shape index (κ2) is 5.55. The van der Waals surface area contributed by atoms with Gasteiger partial charge in [-0.05, 0) is 19.4 Å². The number of nitrogens with zero attached hydrogens (tertiary/aromatic N) is 1. The maximum atomic E-state index is 11.2. The van der Waals surface area contributed by atoms with Crippen molar-refractivity contribution in [1.82, 2.24) is 4.90 Å². The summed E-state index contributed by atoms with van der Waals surface area (Å²) in [5.41, 5.74) is -0.623. The summed E-state index contributed by atoms with van der Waals surface area (Å²) in [7, 11) is 0. The first-order valence-electron chi connectivity index (χ1n) is 6.83. The van der Waals surface area contributed by atoms with Crippen LogP contribution >= 0.6 is 0 Å². The molecule has 1 saturated carbocycles. The monoisotopic (exact) mass is 257 g/mol. The normalized spacial score (nSPS) is 31.1. The summed E-state index contributed by atoms with van der Waals surface area (Å²) in [6.45, 7) is 4.08. The fourth-order valence-corrected chi connectivity index (χ4v) is 3.17. The number of carboxylic acid groups (broad SMARTS) is 1. The van der Waals surface area contributed by atoms with Crippen LogP contribution in [0.3, 0.4) is 0 Å². The minimum Gasteiger partial charge on any atom is -0.481 e. The number of aliphatic hydroxyl groups is 1. The van der Waals surface area contributed by atoms with E-state index in [2.05, 4.69) is 4.90 Å². The summed E-state index contributed by atoms with van der Waals surface area (Å²) in [5, 5.41) is 19.6. The quantitative estimate of drug-likeness (QED) is 0.759. The number of aliphatic carboxylic acids is 1. The summed E-state index contributed by atoms with van der Waals surface area (Å²) in [4.78, 5) is 13.3. The summed E-state index contributed by atoms with van der Waals surface area (Å²) < 4.78 is 5.31. The van der Waals surface area contributed by atoms with Gasteiger partial charge in [0.2, 0.25) is 0 Å². The van der Waals surface area contributed by atoms with Crippen LogP contribution in [0.2, 0.25) is 0 Å². The largest absolute Gasteiger partial charge is 0.481 e. The highest BCUT2D eigenvalue weighted by atomic mass is 16.5. The third kappa shape index (κ3) is 2.84. The van der Waals surface area contributed by atoms with Gasteiger partial charge in [-0.3, -0.25) is 9.69 Å². The van der Waals surface area contributed by atoms with Gasteiger partial charge in [-0.1, -0.05) is 19.8 Å². The van der Waals surface area contributed by atoms with Gasteiger partial charge in [0.05, 0.1) is 24.7 Å². The lowest BCUT2D eigenvalue weighted by molar-refractivity contribution is -0.143. The number of carboxylic acids is 1. The Hall–Kier alpha value is -0.650. The molecule has 0 aromatic rings. The molecule has 0 amide bonds. The van der Waals surface area contributed by atoms with E-state index in [0.717, 1.165) is 32.2 Å². The van der Waals surface area contributed by atoms with Gasteiger partial charge in [-0.15, -0.1) is 0 Å². The van der Waals surface area contributed by atoms with Crippen LogP contribution in [0, 0.1) is 5.92 Å². The summed E-state index contributed by atoms with van der Waals surface area (Å²) in [6, 6.07) is -0.0999. The van der Waals surface area contributed by atoms with Crippen LogP contribution in [0.15, 0.2) is 0 Å². The molecule has 1 heterocycles. The van der Waals surface area contributed by atoms with E-state index < -0.39 is 17.5 Å². The fourth-order valence-electron chi connectivity index (χ4n) is 3.17. The van der Waals surface area contributed by atoms with Gasteiger partial charge < -0.3 is 14.9 Å². The Bertz CT molecular complexity index is 301. The summed E-state index contributed by atoms with van der Waals surface area (Å²) in [6.07, 6.45) is 3.79. The minimum absolute atomic E-state index is 0.0999. The summed E-state index contributed by atoms with van der Waals surface area (Å²) in [5.74, 6) is -1.26.